The van der Waals surface area contributed by atoms with Crippen LogP contribution < -0.4 is 5.32 Å². The van der Waals surface area contributed by atoms with Crippen molar-refractivity contribution < 1.29 is 24.4 Å². The number of hydrogen-bond acceptors (Lipinski definition) is 5. The van der Waals surface area contributed by atoms with Gasteiger partial charge in [-0.25, -0.2) is 4.79 Å². The van der Waals surface area contributed by atoms with E-state index in [9.17, 15) is 19.7 Å². The zero-order chi connectivity index (χ0) is 14.4. The molecule has 0 spiro atoms. The fourth-order valence-electron chi connectivity index (χ4n) is 1.35. The highest BCUT2D eigenvalue weighted by molar-refractivity contribution is 5.95. The van der Waals surface area contributed by atoms with Crippen molar-refractivity contribution in [3.8, 4) is 0 Å². The van der Waals surface area contributed by atoms with E-state index in [1.165, 1.54) is 7.11 Å². The molecular weight excluding hydrogens is 258 g/mol. The molecule has 1 atom stereocenters. The van der Waals surface area contributed by atoms with Crippen LogP contribution in [0.2, 0.25) is 0 Å². The van der Waals surface area contributed by atoms with Crippen LogP contribution >= 0.6 is 0 Å². The van der Waals surface area contributed by atoms with Gasteiger partial charge < -0.3 is 20.1 Å². The van der Waals surface area contributed by atoms with Gasteiger partial charge in [-0.1, -0.05) is 0 Å². The zero-order valence-electron chi connectivity index (χ0n) is 10.1. The number of aromatic amines is 1. The largest absolute Gasteiger partial charge is 0.480 e. The van der Waals surface area contributed by atoms with E-state index in [-0.39, 0.29) is 24.4 Å². The van der Waals surface area contributed by atoms with Crippen LogP contribution in [0.15, 0.2) is 12.3 Å². The Balaban J connectivity index is 2.70. The van der Waals surface area contributed by atoms with E-state index < -0.39 is 22.8 Å². The van der Waals surface area contributed by atoms with E-state index in [0.29, 0.717) is 0 Å². The fraction of sp³-hybridized carbons (Fsp3) is 0.400. The van der Waals surface area contributed by atoms with Crippen molar-refractivity contribution in [2.24, 2.45) is 0 Å². The first kappa shape index (κ1) is 14.6. The molecule has 104 valence electrons. The van der Waals surface area contributed by atoms with Crippen molar-refractivity contribution in [3.63, 3.8) is 0 Å². The minimum absolute atomic E-state index is 0.0737. The van der Waals surface area contributed by atoms with Gasteiger partial charge in [0.05, 0.1) is 11.1 Å². The summed E-state index contributed by atoms with van der Waals surface area (Å²) < 4.78 is 4.73. The molecule has 0 aliphatic rings. The molecule has 1 heterocycles. The minimum Gasteiger partial charge on any atom is -0.480 e. The number of hydrogen-bond donors (Lipinski definition) is 3. The SMILES string of the molecule is COCCC(NC(=O)c1cc([N+](=O)[O-])c[nH]1)C(=O)O. The Labute approximate surface area is 107 Å². The van der Waals surface area contributed by atoms with Crippen molar-refractivity contribution in [3.05, 3.63) is 28.1 Å². The van der Waals surface area contributed by atoms with Crippen molar-refractivity contribution >= 4 is 17.6 Å². The summed E-state index contributed by atoms with van der Waals surface area (Å²) in [6.45, 7) is 0.169. The standard InChI is InChI=1S/C10H13N3O6/c1-19-3-2-7(10(15)16)12-9(14)8-4-6(5-11-8)13(17)18/h4-5,7,11H,2-3H2,1H3,(H,12,14)(H,15,16). The van der Waals surface area contributed by atoms with E-state index in [1.807, 2.05) is 0 Å². The molecule has 19 heavy (non-hydrogen) atoms. The maximum atomic E-state index is 11.7. The lowest BCUT2D eigenvalue weighted by atomic mass is 10.2. The second-order valence-corrected chi connectivity index (χ2v) is 3.67. The summed E-state index contributed by atoms with van der Waals surface area (Å²) >= 11 is 0. The van der Waals surface area contributed by atoms with Crippen LogP contribution in [-0.4, -0.2) is 46.6 Å². The van der Waals surface area contributed by atoms with Gasteiger partial charge in [-0.3, -0.25) is 14.9 Å². The van der Waals surface area contributed by atoms with E-state index >= 15 is 0 Å². The summed E-state index contributed by atoms with van der Waals surface area (Å²) in [5.74, 6) is -1.93. The van der Waals surface area contributed by atoms with Gasteiger partial charge in [0.25, 0.3) is 11.6 Å². The number of aliphatic carboxylic acids is 1. The Hall–Kier alpha value is -2.42. The molecule has 1 amide bonds. The van der Waals surface area contributed by atoms with Crippen molar-refractivity contribution in [1.29, 1.82) is 0 Å². The predicted molar refractivity (Wildman–Crippen MR) is 62.8 cm³/mol. The highest BCUT2D eigenvalue weighted by Crippen LogP contribution is 2.12. The van der Waals surface area contributed by atoms with Gasteiger partial charge in [-0.05, 0) is 0 Å². The molecule has 0 aliphatic carbocycles. The van der Waals surface area contributed by atoms with Crippen LogP contribution in [-0.2, 0) is 9.53 Å². The fourth-order valence-corrected chi connectivity index (χ4v) is 1.35. The number of ether oxygens (including phenoxy) is 1. The summed E-state index contributed by atoms with van der Waals surface area (Å²) in [4.78, 5) is 34.8. The molecule has 3 N–H and O–H groups in total. The lowest BCUT2D eigenvalue weighted by molar-refractivity contribution is -0.384. The first-order chi connectivity index (χ1) is 8.95. The Morgan fingerprint density at radius 1 is 1.63 bits per heavy atom. The first-order valence-electron chi connectivity index (χ1n) is 5.31. The molecule has 1 rings (SSSR count). The number of carboxylic acid groups (broad SMARTS) is 1. The first-order valence-corrected chi connectivity index (χ1v) is 5.31. The third-order valence-corrected chi connectivity index (χ3v) is 2.34. The van der Waals surface area contributed by atoms with Gasteiger partial charge in [0.15, 0.2) is 0 Å². The Kier molecular flexibility index (Phi) is 5.01. The van der Waals surface area contributed by atoms with Crippen LogP contribution in [0, 0.1) is 10.1 Å². The van der Waals surface area contributed by atoms with Gasteiger partial charge in [-0.15, -0.1) is 0 Å². The molecule has 0 aliphatic heterocycles. The molecular formula is C10H13N3O6. The number of rotatable bonds is 7. The van der Waals surface area contributed by atoms with E-state index in [0.717, 1.165) is 12.3 Å². The number of aromatic nitrogens is 1. The molecule has 1 aromatic heterocycles. The van der Waals surface area contributed by atoms with Crippen LogP contribution in [0.5, 0.6) is 0 Å². The second kappa shape index (κ2) is 6.50. The Morgan fingerprint density at radius 2 is 2.32 bits per heavy atom. The highest BCUT2D eigenvalue weighted by atomic mass is 16.6. The number of amides is 1. The van der Waals surface area contributed by atoms with E-state index in [2.05, 4.69) is 10.3 Å². The molecule has 0 saturated heterocycles. The monoisotopic (exact) mass is 271 g/mol. The topological polar surface area (TPSA) is 135 Å². The molecule has 0 aromatic carbocycles. The molecule has 0 saturated carbocycles. The van der Waals surface area contributed by atoms with Crippen LogP contribution in [0.3, 0.4) is 0 Å². The van der Waals surface area contributed by atoms with Gasteiger partial charge in [-0.2, -0.15) is 0 Å². The average molecular weight is 271 g/mol. The van der Waals surface area contributed by atoms with Crippen LogP contribution in [0.1, 0.15) is 16.9 Å². The lowest BCUT2D eigenvalue weighted by Crippen LogP contribution is -2.41. The number of nitro groups is 1. The van der Waals surface area contributed by atoms with Crippen LogP contribution in [0.25, 0.3) is 0 Å². The maximum Gasteiger partial charge on any atom is 0.326 e. The third kappa shape index (κ3) is 4.07. The molecule has 0 radical (unpaired) electrons. The third-order valence-electron chi connectivity index (χ3n) is 2.34. The second-order valence-electron chi connectivity index (χ2n) is 3.67. The number of methoxy groups -OCH3 is 1. The number of carbonyl (C=O) groups excluding carboxylic acids is 1. The molecule has 9 nitrogen and oxygen atoms in total. The summed E-state index contributed by atoms with van der Waals surface area (Å²) in [6, 6.07) is -0.0836. The van der Waals surface area contributed by atoms with Gasteiger partial charge in [0, 0.05) is 26.2 Å². The van der Waals surface area contributed by atoms with Crippen molar-refractivity contribution in [2.45, 2.75) is 12.5 Å². The average Bonchev–Trinajstić information content (AvgIpc) is 2.83. The number of nitrogens with one attached hydrogen (secondary N) is 2. The molecule has 1 unspecified atom stereocenters. The highest BCUT2D eigenvalue weighted by Gasteiger charge is 2.22. The zero-order valence-corrected chi connectivity index (χ0v) is 10.1. The van der Waals surface area contributed by atoms with Gasteiger partial charge >= 0.3 is 5.97 Å². The van der Waals surface area contributed by atoms with Gasteiger partial charge in [0.2, 0.25) is 0 Å². The molecule has 0 fully saturated rings. The van der Waals surface area contributed by atoms with E-state index in [1.54, 1.807) is 0 Å². The number of carbonyl (C=O) groups is 2. The summed E-state index contributed by atoms with van der Waals surface area (Å²) in [6.07, 6.45) is 1.15. The lowest BCUT2D eigenvalue weighted by Gasteiger charge is -2.13. The maximum absolute atomic E-state index is 11.7. The van der Waals surface area contributed by atoms with Gasteiger partial charge in [0.1, 0.15) is 11.7 Å². The Bertz CT molecular complexity index is 483. The molecule has 1 aromatic rings. The quantitative estimate of drug-likeness (QED) is 0.477. The summed E-state index contributed by atoms with van der Waals surface area (Å²) in [7, 11) is 1.41. The van der Waals surface area contributed by atoms with Crippen molar-refractivity contribution in [2.75, 3.05) is 13.7 Å². The normalized spacial score (nSPS) is 11.8. The number of carboxylic acids is 1. The molecule has 9 heteroatoms. The smallest absolute Gasteiger partial charge is 0.326 e. The summed E-state index contributed by atoms with van der Waals surface area (Å²) in [5, 5.41) is 21.6. The summed E-state index contributed by atoms with van der Waals surface area (Å²) in [5.41, 5.74) is -0.343. The Morgan fingerprint density at radius 3 is 2.79 bits per heavy atom. The predicted octanol–water partition coefficient (Wildman–Crippen LogP) is 0.142. The minimum atomic E-state index is -1.20. The van der Waals surface area contributed by atoms with Crippen LogP contribution in [0.4, 0.5) is 5.69 Å². The number of nitrogens with zero attached hydrogens (tertiary/aromatic N) is 1. The van der Waals surface area contributed by atoms with Crippen molar-refractivity contribution in [1.82, 2.24) is 10.3 Å². The number of H-pyrrole nitrogens is 1. The molecule has 0 bridgehead atoms. The van der Waals surface area contributed by atoms with E-state index in [4.69, 9.17) is 9.84 Å².